The number of rotatable bonds is 3. The molecule has 1 aromatic carbocycles. The molecular weight excluding hydrogens is 278 g/mol. The van der Waals surface area contributed by atoms with Gasteiger partial charge in [-0.05, 0) is 18.2 Å². The van der Waals surface area contributed by atoms with Crippen molar-refractivity contribution in [3.05, 3.63) is 30.0 Å². The van der Waals surface area contributed by atoms with Gasteiger partial charge in [0, 0.05) is 11.1 Å². The normalized spacial score (nSPS) is 22.0. The van der Waals surface area contributed by atoms with Crippen LogP contribution in [0.4, 0.5) is 0 Å². The van der Waals surface area contributed by atoms with Gasteiger partial charge >= 0.3 is 5.97 Å². The molecule has 1 aromatic heterocycles. The molecule has 2 aromatic rings. The van der Waals surface area contributed by atoms with Crippen LogP contribution in [-0.2, 0) is 4.79 Å². The van der Waals surface area contributed by atoms with Crippen LogP contribution in [0.1, 0.15) is 16.8 Å². The summed E-state index contributed by atoms with van der Waals surface area (Å²) in [5.74, 6) is -0.231. The Morgan fingerprint density at radius 1 is 1.45 bits per heavy atom. The van der Waals surface area contributed by atoms with Gasteiger partial charge in [0.05, 0.1) is 17.3 Å². The van der Waals surface area contributed by atoms with Gasteiger partial charge in [0.1, 0.15) is 5.54 Å². The van der Waals surface area contributed by atoms with Gasteiger partial charge in [0.15, 0.2) is 0 Å². The van der Waals surface area contributed by atoms with E-state index in [0.29, 0.717) is 23.3 Å². The van der Waals surface area contributed by atoms with Crippen LogP contribution in [0, 0.1) is 0 Å². The summed E-state index contributed by atoms with van der Waals surface area (Å²) < 4.78 is 0. The van der Waals surface area contributed by atoms with E-state index in [1.165, 1.54) is 11.8 Å². The number of thioether (sulfide) groups is 1. The third kappa shape index (κ3) is 2.03. The smallest absolute Gasteiger partial charge is 0.330 e. The highest BCUT2D eigenvalue weighted by molar-refractivity contribution is 7.99. The van der Waals surface area contributed by atoms with Crippen molar-refractivity contribution in [3.8, 4) is 0 Å². The van der Waals surface area contributed by atoms with Crippen LogP contribution in [0.15, 0.2) is 24.4 Å². The maximum absolute atomic E-state index is 12.4. The van der Waals surface area contributed by atoms with Crippen molar-refractivity contribution in [3.63, 3.8) is 0 Å². The lowest BCUT2D eigenvalue weighted by atomic mass is 9.98. The summed E-state index contributed by atoms with van der Waals surface area (Å²) in [6.45, 7) is 0. The van der Waals surface area contributed by atoms with E-state index in [9.17, 15) is 14.7 Å². The molecule has 1 saturated heterocycles. The topological polar surface area (TPSA) is 95.1 Å². The number of aliphatic carboxylic acids is 1. The number of carboxylic acids is 1. The molecule has 1 fully saturated rings. The summed E-state index contributed by atoms with van der Waals surface area (Å²) in [7, 11) is 0. The second kappa shape index (κ2) is 4.82. The summed E-state index contributed by atoms with van der Waals surface area (Å²) in [6.07, 6.45) is 2.07. The Morgan fingerprint density at radius 3 is 3.00 bits per heavy atom. The molecule has 0 aliphatic carbocycles. The standard InChI is InChI=1S/C13H13N3O3S/c17-11(15-13(12(18)19)4-5-20-7-13)9-3-1-2-8-6-14-16-10(8)9/h1-3,6H,4-5,7H2,(H,14,16)(H,15,17)(H,18,19). The third-order valence-corrected chi connectivity index (χ3v) is 4.69. The molecule has 7 heteroatoms. The number of nitrogens with zero attached hydrogens (tertiary/aromatic N) is 1. The second-order valence-electron chi connectivity index (χ2n) is 4.78. The summed E-state index contributed by atoms with van der Waals surface area (Å²) in [4.78, 5) is 23.8. The van der Waals surface area contributed by atoms with E-state index in [1.54, 1.807) is 18.3 Å². The molecule has 2 heterocycles. The maximum atomic E-state index is 12.4. The minimum absolute atomic E-state index is 0.384. The molecule has 6 nitrogen and oxygen atoms in total. The van der Waals surface area contributed by atoms with Crippen LogP contribution in [0.2, 0.25) is 0 Å². The lowest BCUT2D eigenvalue weighted by molar-refractivity contribution is -0.143. The molecular formula is C13H13N3O3S. The van der Waals surface area contributed by atoms with E-state index in [4.69, 9.17) is 0 Å². The fourth-order valence-electron chi connectivity index (χ4n) is 2.33. The second-order valence-corrected chi connectivity index (χ2v) is 5.89. The van der Waals surface area contributed by atoms with E-state index >= 15 is 0 Å². The van der Waals surface area contributed by atoms with Gasteiger partial charge in [-0.2, -0.15) is 16.9 Å². The quantitative estimate of drug-likeness (QED) is 0.791. The van der Waals surface area contributed by atoms with Crippen LogP contribution in [0.25, 0.3) is 10.9 Å². The summed E-state index contributed by atoms with van der Waals surface area (Å²) >= 11 is 1.54. The number of carbonyl (C=O) groups excluding carboxylic acids is 1. The number of hydrogen-bond donors (Lipinski definition) is 3. The largest absolute Gasteiger partial charge is 0.479 e. The molecule has 0 spiro atoms. The molecule has 1 amide bonds. The summed E-state index contributed by atoms with van der Waals surface area (Å²) in [5, 5.41) is 19.6. The predicted octanol–water partition coefficient (Wildman–Crippen LogP) is 1.25. The highest BCUT2D eigenvalue weighted by Crippen LogP contribution is 2.29. The first-order valence-electron chi connectivity index (χ1n) is 6.18. The van der Waals surface area contributed by atoms with Crippen molar-refractivity contribution in [1.82, 2.24) is 15.5 Å². The van der Waals surface area contributed by atoms with Gasteiger partial charge in [-0.25, -0.2) is 4.79 Å². The molecule has 1 atom stereocenters. The van der Waals surface area contributed by atoms with Crippen molar-refractivity contribution >= 4 is 34.5 Å². The van der Waals surface area contributed by atoms with Crippen LogP contribution in [0.5, 0.6) is 0 Å². The highest BCUT2D eigenvalue weighted by Gasteiger charge is 2.43. The molecule has 20 heavy (non-hydrogen) atoms. The van der Waals surface area contributed by atoms with E-state index in [2.05, 4.69) is 15.5 Å². The van der Waals surface area contributed by atoms with Gasteiger partial charge in [0.25, 0.3) is 5.91 Å². The summed E-state index contributed by atoms with van der Waals surface area (Å²) in [5.41, 5.74) is -0.127. The average Bonchev–Trinajstić information content (AvgIpc) is 3.06. The number of benzene rings is 1. The van der Waals surface area contributed by atoms with Gasteiger partial charge in [0.2, 0.25) is 0 Å². The number of carboxylic acid groups (broad SMARTS) is 1. The number of amides is 1. The Morgan fingerprint density at radius 2 is 2.30 bits per heavy atom. The van der Waals surface area contributed by atoms with Gasteiger partial charge in [-0.15, -0.1) is 0 Å². The Bertz CT molecular complexity index is 676. The minimum Gasteiger partial charge on any atom is -0.479 e. The van der Waals surface area contributed by atoms with Crippen molar-refractivity contribution in [2.75, 3.05) is 11.5 Å². The number of hydrogen-bond acceptors (Lipinski definition) is 4. The first-order chi connectivity index (χ1) is 9.62. The lowest BCUT2D eigenvalue weighted by Crippen LogP contribution is -2.54. The number of nitrogens with one attached hydrogen (secondary N) is 2. The molecule has 3 rings (SSSR count). The lowest BCUT2D eigenvalue weighted by Gasteiger charge is -2.24. The van der Waals surface area contributed by atoms with E-state index in [0.717, 1.165) is 11.1 Å². The van der Waals surface area contributed by atoms with Crippen LogP contribution < -0.4 is 5.32 Å². The predicted molar refractivity (Wildman–Crippen MR) is 75.9 cm³/mol. The molecule has 104 valence electrons. The maximum Gasteiger partial charge on any atom is 0.330 e. The number of H-pyrrole nitrogens is 1. The fourth-order valence-corrected chi connectivity index (χ4v) is 3.65. The fraction of sp³-hybridized carbons (Fsp3) is 0.308. The van der Waals surface area contributed by atoms with Crippen LogP contribution in [-0.4, -0.2) is 44.2 Å². The Kier molecular flexibility index (Phi) is 3.13. The molecule has 0 radical (unpaired) electrons. The van der Waals surface area contributed by atoms with E-state index < -0.39 is 11.5 Å². The monoisotopic (exact) mass is 291 g/mol. The number of fused-ring (bicyclic) bond motifs is 1. The highest BCUT2D eigenvalue weighted by atomic mass is 32.2. The number of para-hydroxylation sites is 1. The zero-order chi connectivity index (χ0) is 14.2. The number of aromatic nitrogens is 2. The molecule has 1 unspecified atom stereocenters. The van der Waals surface area contributed by atoms with E-state index in [1.807, 2.05) is 6.07 Å². The Hall–Kier alpha value is -2.02. The first-order valence-corrected chi connectivity index (χ1v) is 7.34. The van der Waals surface area contributed by atoms with Crippen molar-refractivity contribution in [2.24, 2.45) is 0 Å². The van der Waals surface area contributed by atoms with Crippen molar-refractivity contribution < 1.29 is 14.7 Å². The number of aromatic amines is 1. The van der Waals surface area contributed by atoms with Crippen molar-refractivity contribution in [2.45, 2.75) is 12.0 Å². The van der Waals surface area contributed by atoms with Crippen LogP contribution >= 0.6 is 11.8 Å². The van der Waals surface area contributed by atoms with E-state index in [-0.39, 0.29) is 5.91 Å². The molecule has 0 saturated carbocycles. The van der Waals surface area contributed by atoms with Gasteiger partial charge in [-0.1, -0.05) is 12.1 Å². The van der Waals surface area contributed by atoms with Crippen molar-refractivity contribution in [1.29, 1.82) is 0 Å². The third-order valence-electron chi connectivity index (χ3n) is 3.51. The molecule has 0 bridgehead atoms. The van der Waals surface area contributed by atoms with Gasteiger partial charge < -0.3 is 10.4 Å². The zero-order valence-corrected chi connectivity index (χ0v) is 11.4. The molecule has 1 aliphatic rings. The average molecular weight is 291 g/mol. The SMILES string of the molecule is O=C(NC1(C(=O)O)CCSC1)c1cccc2cn[nH]c12. The van der Waals surface area contributed by atoms with Gasteiger partial charge in [-0.3, -0.25) is 9.89 Å². The zero-order valence-electron chi connectivity index (χ0n) is 10.5. The number of carbonyl (C=O) groups is 2. The minimum atomic E-state index is -1.16. The Labute approximate surface area is 118 Å². The Balaban J connectivity index is 1.93. The van der Waals surface area contributed by atoms with Crippen LogP contribution in [0.3, 0.4) is 0 Å². The summed E-state index contributed by atoms with van der Waals surface area (Å²) in [6, 6.07) is 5.26. The first kappa shape index (κ1) is 13.0. The molecule has 3 N–H and O–H groups in total. The molecule has 1 aliphatic heterocycles.